The van der Waals surface area contributed by atoms with Gasteiger partial charge in [0.1, 0.15) is 5.75 Å². The second-order valence-corrected chi connectivity index (χ2v) is 8.93. The summed E-state index contributed by atoms with van der Waals surface area (Å²) in [6, 6.07) is 17.3. The lowest BCUT2D eigenvalue weighted by molar-refractivity contribution is -0.118. The number of carbonyl (C=O) groups is 1. The SMILES string of the molecule is COc1ccccc1-n1c(SCC(=O)NCc2ccc3c(c2)OCO3)nnc1-c1cccs1. The quantitative estimate of drug-likeness (QED) is 0.379. The molecule has 0 radical (unpaired) electrons. The van der Waals surface area contributed by atoms with E-state index in [0.29, 0.717) is 29.0 Å². The van der Waals surface area contributed by atoms with Gasteiger partial charge in [-0.05, 0) is 41.3 Å². The number of nitrogens with zero attached hydrogens (tertiary/aromatic N) is 3. The number of hydrogen-bond acceptors (Lipinski definition) is 8. The minimum atomic E-state index is -0.107. The third-order valence-electron chi connectivity index (χ3n) is 4.96. The van der Waals surface area contributed by atoms with Gasteiger partial charge in [0.25, 0.3) is 0 Å². The molecule has 2 aromatic heterocycles. The van der Waals surface area contributed by atoms with Crippen LogP contribution in [0.3, 0.4) is 0 Å². The third-order valence-corrected chi connectivity index (χ3v) is 6.75. The molecule has 1 aliphatic rings. The molecule has 0 spiro atoms. The van der Waals surface area contributed by atoms with Gasteiger partial charge in [-0.1, -0.05) is 36.0 Å². The van der Waals surface area contributed by atoms with E-state index in [2.05, 4.69) is 15.5 Å². The number of para-hydroxylation sites is 2. The first-order valence-corrected chi connectivity index (χ1v) is 12.0. The van der Waals surface area contributed by atoms with Crippen molar-refractivity contribution in [3.05, 3.63) is 65.5 Å². The molecule has 0 saturated carbocycles. The van der Waals surface area contributed by atoms with E-state index < -0.39 is 0 Å². The maximum atomic E-state index is 12.6. The molecule has 0 atom stereocenters. The molecule has 8 nitrogen and oxygen atoms in total. The Morgan fingerprint density at radius 2 is 2.03 bits per heavy atom. The maximum Gasteiger partial charge on any atom is 0.231 e. The summed E-state index contributed by atoms with van der Waals surface area (Å²) in [7, 11) is 1.63. The van der Waals surface area contributed by atoms with E-state index in [-0.39, 0.29) is 18.5 Å². The second kappa shape index (κ2) is 9.55. The van der Waals surface area contributed by atoms with Crippen LogP contribution in [-0.4, -0.2) is 40.3 Å². The van der Waals surface area contributed by atoms with Crippen LogP contribution in [0, 0.1) is 0 Å². The smallest absolute Gasteiger partial charge is 0.231 e. The molecule has 2 aromatic carbocycles. The van der Waals surface area contributed by atoms with Crippen LogP contribution < -0.4 is 19.5 Å². The number of carbonyl (C=O) groups excluding carboxylic acids is 1. The minimum absolute atomic E-state index is 0.107. The standard InChI is InChI=1S/C23H20N4O4S2/c1-29-17-6-3-2-5-16(17)27-22(20-7-4-10-32-20)25-26-23(27)33-13-21(28)24-12-15-8-9-18-19(11-15)31-14-30-18/h2-11H,12-14H2,1H3,(H,24,28). The molecule has 168 valence electrons. The number of benzene rings is 2. The third kappa shape index (κ3) is 4.53. The van der Waals surface area contributed by atoms with Crippen LogP contribution in [0.1, 0.15) is 5.56 Å². The fourth-order valence-electron chi connectivity index (χ4n) is 3.39. The topological polar surface area (TPSA) is 87.5 Å². The fourth-order valence-corrected chi connectivity index (χ4v) is 4.87. The van der Waals surface area contributed by atoms with E-state index in [0.717, 1.165) is 21.9 Å². The number of fused-ring (bicyclic) bond motifs is 1. The van der Waals surface area contributed by atoms with Crippen molar-refractivity contribution in [2.45, 2.75) is 11.7 Å². The first-order valence-electron chi connectivity index (χ1n) is 10.1. The molecule has 10 heteroatoms. The Labute approximate surface area is 198 Å². The predicted molar refractivity (Wildman–Crippen MR) is 126 cm³/mol. The first kappa shape index (κ1) is 21.4. The van der Waals surface area contributed by atoms with Crippen LogP contribution in [0.5, 0.6) is 17.2 Å². The van der Waals surface area contributed by atoms with Crippen molar-refractivity contribution in [2.75, 3.05) is 19.7 Å². The summed E-state index contributed by atoms with van der Waals surface area (Å²) in [4.78, 5) is 13.5. The van der Waals surface area contributed by atoms with Gasteiger partial charge in [-0.3, -0.25) is 9.36 Å². The van der Waals surface area contributed by atoms with Crippen molar-refractivity contribution in [3.63, 3.8) is 0 Å². The molecule has 0 aliphatic carbocycles. The molecule has 0 saturated heterocycles. The Bertz CT molecular complexity index is 1270. The molecule has 33 heavy (non-hydrogen) atoms. The lowest BCUT2D eigenvalue weighted by atomic mass is 10.2. The van der Waals surface area contributed by atoms with Crippen molar-refractivity contribution in [1.29, 1.82) is 0 Å². The van der Waals surface area contributed by atoms with Gasteiger partial charge in [-0.15, -0.1) is 21.5 Å². The summed E-state index contributed by atoms with van der Waals surface area (Å²) < 4.78 is 18.2. The maximum absolute atomic E-state index is 12.6. The molecule has 0 bridgehead atoms. The lowest BCUT2D eigenvalue weighted by Crippen LogP contribution is -2.24. The van der Waals surface area contributed by atoms with Crippen LogP contribution >= 0.6 is 23.1 Å². The van der Waals surface area contributed by atoms with E-state index in [1.807, 2.05) is 64.5 Å². The second-order valence-electron chi connectivity index (χ2n) is 7.04. The van der Waals surface area contributed by atoms with Crippen LogP contribution in [-0.2, 0) is 11.3 Å². The summed E-state index contributed by atoms with van der Waals surface area (Å²) in [6.45, 7) is 0.623. The van der Waals surface area contributed by atoms with Gasteiger partial charge in [0.15, 0.2) is 22.5 Å². The molecule has 1 N–H and O–H groups in total. The highest BCUT2D eigenvalue weighted by molar-refractivity contribution is 7.99. The number of rotatable bonds is 8. The van der Waals surface area contributed by atoms with Crippen molar-refractivity contribution < 1.29 is 19.0 Å². The Hall–Kier alpha value is -3.50. The molecule has 0 fully saturated rings. The van der Waals surface area contributed by atoms with E-state index in [1.54, 1.807) is 18.4 Å². The van der Waals surface area contributed by atoms with Gasteiger partial charge in [-0.25, -0.2) is 0 Å². The Balaban J connectivity index is 1.31. The molecule has 5 rings (SSSR count). The zero-order valence-corrected chi connectivity index (χ0v) is 19.3. The number of ether oxygens (including phenoxy) is 3. The lowest BCUT2D eigenvalue weighted by Gasteiger charge is -2.13. The van der Waals surface area contributed by atoms with E-state index >= 15 is 0 Å². The molecule has 1 aliphatic heterocycles. The van der Waals surface area contributed by atoms with Crippen LogP contribution in [0.25, 0.3) is 16.4 Å². The van der Waals surface area contributed by atoms with Gasteiger partial charge in [0.2, 0.25) is 12.7 Å². The number of amides is 1. The molecule has 4 aromatic rings. The minimum Gasteiger partial charge on any atom is -0.495 e. The summed E-state index contributed by atoms with van der Waals surface area (Å²) in [5.41, 5.74) is 1.76. The van der Waals surface area contributed by atoms with Crippen molar-refractivity contribution in [2.24, 2.45) is 0 Å². The van der Waals surface area contributed by atoms with Gasteiger partial charge in [0.05, 0.1) is 23.4 Å². The number of nitrogens with one attached hydrogen (secondary N) is 1. The van der Waals surface area contributed by atoms with Crippen molar-refractivity contribution in [1.82, 2.24) is 20.1 Å². The zero-order valence-electron chi connectivity index (χ0n) is 17.7. The highest BCUT2D eigenvalue weighted by Crippen LogP contribution is 2.34. The van der Waals surface area contributed by atoms with Crippen LogP contribution in [0.4, 0.5) is 0 Å². The number of hydrogen-bond donors (Lipinski definition) is 1. The Morgan fingerprint density at radius 1 is 1.15 bits per heavy atom. The van der Waals surface area contributed by atoms with Crippen LogP contribution in [0.15, 0.2) is 65.1 Å². The number of thioether (sulfide) groups is 1. The average Bonchev–Trinajstić information content (AvgIpc) is 3.61. The highest BCUT2D eigenvalue weighted by atomic mass is 32.2. The average molecular weight is 481 g/mol. The normalized spacial score (nSPS) is 12.0. The number of methoxy groups -OCH3 is 1. The van der Waals surface area contributed by atoms with E-state index in [9.17, 15) is 4.79 Å². The monoisotopic (exact) mass is 480 g/mol. The summed E-state index contributed by atoms with van der Waals surface area (Å²) in [5.74, 6) is 2.91. The molecule has 0 unspecified atom stereocenters. The van der Waals surface area contributed by atoms with Gasteiger partial charge < -0.3 is 19.5 Å². The van der Waals surface area contributed by atoms with Crippen molar-refractivity contribution >= 4 is 29.0 Å². The van der Waals surface area contributed by atoms with Crippen LogP contribution in [0.2, 0.25) is 0 Å². The van der Waals surface area contributed by atoms with Crippen molar-refractivity contribution in [3.8, 4) is 33.6 Å². The molecule has 1 amide bonds. The highest BCUT2D eigenvalue weighted by Gasteiger charge is 2.20. The largest absolute Gasteiger partial charge is 0.495 e. The van der Waals surface area contributed by atoms with Gasteiger partial charge in [0, 0.05) is 6.54 Å². The summed E-state index contributed by atoms with van der Waals surface area (Å²) in [5, 5.41) is 14.3. The fraction of sp³-hybridized carbons (Fsp3) is 0.174. The molecular weight excluding hydrogens is 460 g/mol. The number of aromatic nitrogens is 3. The van der Waals surface area contributed by atoms with E-state index in [1.165, 1.54) is 11.8 Å². The van der Waals surface area contributed by atoms with E-state index in [4.69, 9.17) is 14.2 Å². The zero-order chi connectivity index (χ0) is 22.6. The molecular formula is C23H20N4O4S2. The number of thiophene rings is 1. The first-order chi connectivity index (χ1) is 16.2. The molecule has 3 heterocycles. The Kier molecular flexibility index (Phi) is 6.18. The predicted octanol–water partition coefficient (Wildman–Crippen LogP) is 4.14. The summed E-state index contributed by atoms with van der Waals surface area (Å²) in [6.07, 6.45) is 0. The van der Waals surface area contributed by atoms with Gasteiger partial charge >= 0.3 is 0 Å². The van der Waals surface area contributed by atoms with Gasteiger partial charge in [-0.2, -0.15) is 0 Å². The summed E-state index contributed by atoms with van der Waals surface area (Å²) >= 11 is 2.90. The Morgan fingerprint density at radius 3 is 2.88 bits per heavy atom.